The summed E-state index contributed by atoms with van der Waals surface area (Å²) >= 11 is 0. The van der Waals surface area contributed by atoms with E-state index in [0.717, 1.165) is 13.2 Å². The van der Waals surface area contributed by atoms with E-state index in [2.05, 4.69) is 4.90 Å². The van der Waals surface area contributed by atoms with Crippen LogP contribution in [0.5, 0.6) is 0 Å². The van der Waals surface area contributed by atoms with Gasteiger partial charge in [-0.25, -0.2) is 0 Å². The van der Waals surface area contributed by atoms with Crippen molar-refractivity contribution in [3.05, 3.63) is 0 Å². The Labute approximate surface area is 112 Å². The zero-order valence-corrected chi connectivity index (χ0v) is 12.0. The number of likely N-dealkylation sites (tertiary alicyclic amines) is 1. The minimum Gasteiger partial charge on any atom is -0.378 e. The van der Waals surface area contributed by atoms with Gasteiger partial charge in [-0.3, -0.25) is 0 Å². The standard InChI is InChI=1S/C14H29NO3/c1-14(2)18-13-12-17-11-10-16-9-8-15-6-4-3-5-7-15/h14H,3-13H2,1-2H3. The number of nitrogens with zero attached hydrogens (tertiary/aromatic N) is 1. The highest BCUT2D eigenvalue weighted by Crippen LogP contribution is 2.07. The molecule has 18 heavy (non-hydrogen) atoms. The van der Waals surface area contributed by atoms with Crippen LogP contribution >= 0.6 is 0 Å². The summed E-state index contributed by atoms with van der Waals surface area (Å²) in [4.78, 5) is 2.49. The number of ether oxygens (including phenoxy) is 3. The molecule has 0 amide bonds. The average molecular weight is 259 g/mol. The molecule has 4 nitrogen and oxygen atoms in total. The highest BCUT2D eigenvalue weighted by molar-refractivity contribution is 4.63. The van der Waals surface area contributed by atoms with Gasteiger partial charge in [-0.1, -0.05) is 6.42 Å². The highest BCUT2D eigenvalue weighted by Gasteiger charge is 2.08. The molecule has 0 aromatic rings. The van der Waals surface area contributed by atoms with Crippen LogP contribution in [0.3, 0.4) is 0 Å². The van der Waals surface area contributed by atoms with Crippen LogP contribution < -0.4 is 0 Å². The molecule has 0 unspecified atom stereocenters. The molecular weight excluding hydrogens is 230 g/mol. The smallest absolute Gasteiger partial charge is 0.0703 e. The second-order valence-corrected chi connectivity index (χ2v) is 5.05. The summed E-state index contributed by atoms with van der Waals surface area (Å²) in [6, 6.07) is 0. The van der Waals surface area contributed by atoms with Gasteiger partial charge in [0, 0.05) is 6.54 Å². The first-order valence-electron chi connectivity index (χ1n) is 7.28. The second-order valence-electron chi connectivity index (χ2n) is 5.05. The van der Waals surface area contributed by atoms with Crippen molar-refractivity contribution in [2.24, 2.45) is 0 Å². The molecule has 108 valence electrons. The molecule has 0 aromatic carbocycles. The van der Waals surface area contributed by atoms with E-state index in [0.29, 0.717) is 26.4 Å². The number of hydrogen-bond donors (Lipinski definition) is 0. The van der Waals surface area contributed by atoms with Gasteiger partial charge in [0.15, 0.2) is 0 Å². The van der Waals surface area contributed by atoms with Crippen molar-refractivity contribution in [2.45, 2.75) is 39.2 Å². The van der Waals surface area contributed by atoms with Gasteiger partial charge in [-0.15, -0.1) is 0 Å². The van der Waals surface area contributed by atoms with E-state index in [1.807, 2.05) is 13.8 Å². The average Bonchev–Trinajstić information content (AvgIpc) is 2.37. The van der Waals surface area contributed by atoms with E-state index in [4.69, 9.17) is 14.2 Å². The van der Waals surface area contributed by atoms with Gasteiger partial charge in [0.1, 0.15) is 0 Å². The van der Waals surface area contributed by atoms with Crippen LogP contribution in [0.15, 0.2) is 0 Å². The topological polar surface area (TPSA) is 30.9 Å². The van der Waals surface area contributed by atoms with Gasteiger partial charge in [0.25, 0.3) is 0 Å². The molecule has 1 aliphatic heterocycles. The predicted octanol–water partition coefficient (Wildman–Crippen LogP) is 1.93. The highest BCUT2D eigenvalue weighted by atomic mass is 16.5. The Kier molecular flexibility index (Phi) is 9.48. The van der Waals surface area contributed by atoms with Crippen molar-refractivity contribution < 1.29 is 14.2 Å². The van der Waals surface area contributed by atoms with Crippen LogP contribution in [0.4, 0.5) is 0 Å². The van der Waals surface area contributed by atoms with Gasteiger partial charge in [-0.05, 0) is 39.8 Å². The van der Waals surface area contributed by atoms with Crippen LogP contribution in [0.1, 0.15) is 33.1 Å². The van der Waals surface area contributed by atoms with Gasteiger partial charge < -0.3 is 19.1 Å². The van der Waals surface area contributed by atoms with Crippen molar-refractivity contribution in [1.82, 2.24) is 4.90 Å². The van der Waals surface area contributed by atoms with Crippen molar-refractivity contribution >= 4 is 0 Å². The molecule has 0 radical (unpaired) electrons. The summed E-state index contributed by atoms with van der Waals surface area (Å²) in [6.07, 6.45) is 4.37. The third kappa shape index (κ3) is 8.86. The Balaban J connectivity index is 1.75. The van der Waals surface area contributed by atoms with Gasteiger partial charge in [-0.2, -0.15) is 0 Å². The molecule has 1 aliphatic rings. The Morgan fingerprint density at radius 3 is 2.11 bits per heavy atom. The van der Waals surface area contributed by atoms with E-state index in [-0.39, 0.29) is 6.10 Å². The Morgan fingerprint density at radius 2 is 1.44 bits per heavy atom. The predicted molar refractivity (Wildman–Crippen MR) is 73.0 cm³/mol. The fourth-order valence-corrected chi connectivity index (χ4v) is 2.04. The number of rotatable bonds is 10. The number of hydrogen-bond acceptors (Lipinski definition) is 4. The lowest BCUT2D eigenvalue weighted by atomic mass is 10.1. The van der Waals surface area contributed by atoms with E-state index < -0.39 is 0 Å². The lowest BCUT2D eigenvalue weighted by molar-refractivity contribution is -0.00429. The molecule has 1 fully saturated rings. The Hall–Kier alpha value is -0.160. The molecule has 1 heterocycles. The maximum atomic E-state index is 5.56. The van der Waals surface area contributed by atoms with Crippen LogP contribution in [-0.2, 0) is 14.2 Å². The van der Waals surface area contributed by atoms with E-state index in [1.54, 1.807) is 0 Å². The van der Waals surface area contributed by atoms with Gasteiger partial charge in [0.05, 0.1) is 39.1 Å². The van der Waals surface area contributed by atoms with Crippen molar-refractivity contribution in [3.63, 3.8) is 0 Å². The summed E-state index contributed by atoms with van der Waals surface area (Å²) in [5, 5.41) is 0. The van der Waals surface area contributed by atoms with Crippen LogP contribution in [0, 0.1) is 0 Å². The minimum atomic E-state index is 0.286. The summed E-state index contributed by atoms with van der Waals surface area (Å²) in [5.41, 5.74) is 0. The molecule has 0 aliphatic carbocycles. The zero-order chi connectivity index (χ0) is 13.1. The molecule has 0 N–H and O–H groups in total. The molecule has 1 saturated heterocycles. The summed E-state index contributed by atoms with van der Waals surface area (Å²) < 4.78 is 16.3. The lowest BCUT2D eigenvalue weighted by Gasteiger charge is -2.26. The molecule has 4 heteroatoms. The molecule has 0 aromatic heterocycles. The first-order valence-corrected chi connectivity index (χ1v) is 7.28. The van der Waals surface area contributed by atoms with Gasteiger partial charge in [0.2, 0.25) is 0 Å². The monoisotopic (exact) mass is 259 g/mol. The van der Waals surface area contributed by atoms with Crippen molar-refractivity contribution in [3.8, 4) is 0 Å². The van der Waals surface area contributed by atoms with Crippen LogP contribution in [-0.4, -0.2) is 63.7 Å². The Bertz CT molecular complexity index is 182. The summed E-state index contributed by atoms with van der Waals surface area (Å²) in [6.45, 7) is 11.1. The molecule has 0 saturated carbocycles. The summed E-state index contributed by atoms with van der Waals surface area (Å²) in [5.74, 6) is 0. The van der Waals surface area contributed by atoms with Crippen LogP contribution in [0.25, 0.3) is 0 Å². The SMILES string of the molecule is CC(C)OCCOCCOCCN1CCCCC1. The number of piperidine rings is 1. The molecule has 0 atom stereocenters. The Morgan fingerprint density at radius 1 is 0.833 bits per heavy atom. The largest absolute Gasteiger partial charge is 0.378 e. The minimum absolute atomic E-state index is 0.286. The second kappa shape index (κ2) is 10.7. The van der Waals surface area contributed by atoms with E-state index >= 15 is 0 Å². The zero-order valence-electron chi connectivity index (χ0n) is 12.0. The maximum absolute atomic E-state index is 5.56. The first kappa shape index (κ1) is 15.9. The molecule has 1 rings (SSSR count). The lowest BCUT2D eigenvalue weighted by Crippen LogP contribution is -2.32. The third-order valence-electron chi connectivity index (χ3n) is 3.05. The van der Waals surface area contributed by atoms with Gasteiger partial charge >= 0.3 is 0 Å². The fraction of sp³-hybridized carbons (Fsp3) is 1.00. The quantitative estimate of drug-likeness (QED) is 0.561. The van der Waals surface area contributed by atoms with E-state index in [1.165, 1.54) is 32.4 Å². The molecule has 0 bridgehead atoms. The van der Waals surface area contributed by atoms with Crippen molar-refractivity contribution in [1.29, 1.82) is 0 Å². The van der Waals surface area contributed by atoms with E-state index in [9.17, 15) is 0 Å². The fourth-order valence-electron chi connectivity index (χ4n) is 2.04. The normalized spacial score (nSPS) is 17.5. The van der Waals surface area contributed by atoms with Crippen molar-refractivity contribution in [2.75, 3.05) is 52.7 Å². The first-order chi connectivity index (χ1) is 8.79. The maximum Gasteiger partial charge on any atom is 0.0703 e. The van der Waals surface area contributed by atoms with Crippen LogP contribution in [0.2, 0.25) is 0 Å². The third-order valence-corrected chi connectivity index (χ3v) is 3.05. The summed E-state index contributed by atoms with van der Waals surface area (Å²) in [7, 11) is 0. The molecule has 0 spiro atoms. The molecular formula is C14H29NO3.